The third-order valence-corrected chi connectivity index (χ3v) is 6.77. The Balaban J connectivity index is 1.47. The maximum absolute atomic E-state index is 9.20. The summed E-state index contributed by atoms with van der Waals surface area (Å²) in [6.45, 7) is 0. The zero-order valence-corrected chi connectivity index (χ0v) is 18.7. The van der Waals surface area contributed by atoms with Crippen LogP contribution in [-0.4, -0.2) is 4.98 Å². The Hall–Kier alpha value is -4.94. The molecule has 3 nitrogen and oxygen atoms in total. The lowest BCUT2D eigenvalue weighted by molar-refractivity contribution is 0.669. The minimum absolute atomic E-state index is 0.556. The first-order valence-corrected chi connectivity index (χ1v) is 11.5. The van der Waals surface area contributed by atoms with Crippen LogP contribution in [0.4, 0.5) is 0 Å². The summed E-state index contributed by atoms with van der Waals surface area (Å²) in [5, 5.41) is 16.3. The van der Waals surface area contributed by atoms with Crippen molar-refractivity contribution in [3.8, 4) is 28.3 Å². The normalized spacial score (nSPS) is 11.4. The maximum atomic E-state index is 9.20. The Kier molecular flexibility index (Phi) is 4.21. The Labute approximate surface area is 201 Å². The van der Waals surface area contributed by atoms with Crippen LogP contribution in [0.5, 0.6) is 0 Å². The van der Waals surface area contributed by atoms with Gasteiger partial charge in [-0.2, -0.15) is 5.26 Å². The van der Waals surface area contributed by atoms with Gasteiger partial charge in [0.2, 0.25) is 0 Å². The molecule has 35 heavy (non-hydrogen) atoms. The third kappa shape index (κ3) is 3.01. The van der Waals surface area contributed by atoms with Gasteiger partial charge in [-0.1, -0.05) is 78.9 Å². The molecular weight excluding hydrogens is 428 g/mol. The Morgan fingerprint density at radius 2 is 1.31 bits per heavy atom. The molecule has 0 saturated heterocycles. The molecule has 0 amide bonds. The Bertz CT molecular complexity index is 1960. The molecule has 5 aromatic carbocycles. The number of nitriles is 1. The second-order valence-corrected chi connectivity index (χ2v) is 8.76. The number of nitrogens with zero attached hydrogens (tertiary/aromatic N) is 2. The van der Waals surface area contributed by atoms with E-state index in [2.05, 4.69) is 102 Å². The van der Waals surface area contributed by atoms with Crippen molar-refractivity contribution in [2.24, 2.45) is 0 Å². The van der Waals surface area contributed by atoms with E-state index in [4.69, 9.17) is 4.42 Å². The summed E-state index contributed by atoms with van der Waals surface area (Å²) in [6, 6.07) is 35.8. The first kappa shape index (κ1) is 19.5. The number of pyridine rings is 1. The fourth-order valence-electron chi connectivity index (χ4n) is 5.14. The van der Waals surface area contributed by atoms with Crippen LogP contribution in [0.15, 0.2) is 114 Å². The molecule has 2 heterocycles. The van der Waals surface area contributed by atoms with Crippen molar-refractivity contribution in [1.29, 1.82) is 5.26 Å². The van der Waals surface area contributed by atoms with Gasteiger partial charge in [-0.3, -0.25) is 4.98 Å². The van der Waals surface area contributed by atoms with Crippen molar-refractivity contribution in [2.45, 2.75) is 0 Å². The van der Waals surface area contributed by atoms with Gasteiger partial charge in [0.25, 0.3) is 0 Å². The standard InChI is InChI=1S/C32H18N2O/c33-17-20-15-24(19-34-18-20)21-9-11-23(12-10-21)28-16-30-32(27-8-4-3-7-26(27)28)31-25-6-2-1-5-22(25)13-14-29(31)35-30/h1-16,18-19H. The highest BCUT2D eigenvalue weighted by Gasteiger charge is 2.16. The number of rotatable bonds is 2. The van der Waals surface area contributed by atoms with Crippen molar-refractivity contribution in [1.82, 2.24) is 4.98 Å². The van der Waals surface area contributed by atoms with Crippen molar-refractivity contribution >= 4 is 43.5 Å². The molecule has 162 valence electrons. The summed E-state index contributed by atoms with van der Waals surface area (Å²) < 4.78 is 6.41. The van der Waals surface area contributed by atoms with E-state index in [-0.39, 0.29) is 0 Å². The largest absolute Gasteiger partial charge is 0.456 e. The first-order chi connectivity index (χ1) is 17.3. The smallest absolute Gasteiger partial charge is 0.136 e. The van der Waals surface area contributed by atoms with Crippen molar-refractivity contribution in [3.05, 3.63) is 115 Å². The number of fused-ring (bicyclic) bond motifs is 7. The zero-order chi connectivity index (χ0) is 23.4. The van der Waals surface area contributed by atoms with Crippen molar-refractivity contribution < 1.29 is 4.42 Å². The lowest BCUT2D eigenvalue weighted by Gasteiger charge is -2.10. The van der Waals surface area contributed by atoms with Crippen LogP contribution < -0.4 is 0 Å². The monoisotopic (exact) mass is 446 g/mol. The molecule has 0 saturated carbocycles. The predicted molar refractivity (Wildman–Crippen MR) is 142 cm³/mol. The fourth-order valence-corrected chi connectivity index (χ4v) is 5.14. The zero-order valence-electron chi connectivity index (χ0n) is 18.7. The number of furan rings is 1. The van der Waals surface area contributed by atoms with E-state index in [0.29, 0.717) is 5.56 Å². The van der Waals surface area contributed by atoms with E-state index >= 15 is 0 Å². The van der Waals surface area contributed by atoms with Crippen LogP contribution in [0.3, 0.4) is 0 Å². The van der Waals surface area contributed by atoms with Gasteiger partial charge >= 0.3 is 0 Å². The van der Waals surface area contributed by atoms with Crippen LogP contribution >= 0.6 is 0 Å². The molecule has 2 aromatic heterocycles. The van der Waals surface area contributed by atoms with Gasteiger partial charge in [0.15, 0.2) is 0 Å². The van der Waals surface area contributed by atoms with E-state index in [0.717, 1.165) is 38.8 Å². The molecular formula is C32H18N2O. The molecule has 0 unspecified atom stereocenters. The van der Waals surface area contributed by atoms with Crippen molar-refractivity contribution in [3.63, 3.8) is 0 Å². The fraction of sp³-hybridized carbons (Fsp3) is 0. The summed E-state index contributed by atoms with van der Waals surface area (Å²) >= 11 is 0. The molecule has 0 fully saturated rings. The minimum atomic E-state index is 0.556. The number of benzene rings is 5. The number of hydrogen-bond acceptors (Lipinski definition) is 3. The van der Waals surface area contributed by atoms with Crippen LogP contribution in [0, 0.1) is 11.3 Å². The SMILES string of the molecule is N#Cc1cncc(-c2ccc(-c3cc4oc5ccc6ccccc6c5c4c4ccccc34)cc2)c1. The summed E-state index contributed by atoms with van der Waals surface area (Å²) in [7, 11) is 0. The van der Waals surface area contributed by atoms with Gasteiger partial charge < -0.3 is 4.42 Å². The van der Waals surface area contributed by atoms with E-state index in [9.17, 15) is 5.26 Å². The summed E-state index contributed by atoms with van der Waals surface area (Å²) in [5.74, 6) is 0. The lowest BCUT2D eigenvalue weighted by Crippen LogP contribution is -1.86. The minimum Gasteiger partial charge on any atom is -0.456 e. The number of aromatic nitrogens is 1. The second kappa shape index (κ2) is 7.55. The second-order valence-electron chi connectivity index (χ2n) is 8.76. The topological polar surface area (TPSA) is 49.8 Å². The molecule has 0 spiro atoms. The van der Waals surface area contributed by atoms with E-state index in [1.807, 2.05) is 6.07 Å². The van der Waals surface area contributed by atoms with Crippen LogP contribution in [0.2, 0.25) is 0 Å². The molecule has 0 radical (unpaired) electrons. The highest BCUT2D eigenvalue weighted by atomic mass is 16.3. The molecule has 3 heteroatoms. The van der Waals surface area contributed by atoms with Gasteiger partial charge in [-0.05, 0) is 56.4 Å². The predicted octanol–water partition coefficient (Wildman–Crippen LogP) is 8.49. The van der Waals surface area contributed by atoms with Gasteiger partial charge in [0, 0.05) is 28.7 Å². The third-order valence-electron chi connectivity index (χ3n) is 6.77. The highest BCUT2D eigenvalue weighted by molar-refractivity contribution is 6.28. The molecule has 7 aromatic rings. The highest BCUT2D eigenvalue weighted by Crippen LogP contribution is 2.42. The van der Waals surface area contributed by atoms with Gasteiger partial charge in [0.1, 0.15) is 17.2 Å². The lowest BCUT2D eigenvalue weighted by atomic mass is 9.93. The van der Waals surface area contributed by atoms with Crippen molar-refractivity contribution in [2.75, 3.05) is 0 Å². The summed E-state index contributed by atoms with van der Waals surface area (Å²) in [4.78, 5) is 4.19. The maximum Gasteiger partial charge on any atom is 0.136 e. The van der Waals surface area contributed by atoms with Crippen LogP contribution in [0.25, 0.3) is 65.7 Å². The molecule has 0 aliphatic heterocycles. The molecule has 0 aliphatic rings. The van der Waals surface area contributed by atoms with Crippen LogP contribution in [0.1, 0.15) is 5.56 Å². The Morgan fingerprint density at radius 1 is 0.600 bits per heavy atom. The van der Waals surface area contributed by atoms with Crippen LogP contribution in [-0.2, 0) is 0 Å². The average molecular weight is 447 g/mol. The molecule has 0 bridgehead atoms. The molecule has 0 N–H and O–H groups in total. The molecule has 0 aliphatic carbocycles. The quantitative estimate of drug-likeness (QED) is 0.267. The average Bonchev–Trinajstić information content (AvgIpc) is 3.32. The van der Waals surface area contributed by atoms with Gasteiger partial charge in [0.05, 0.1) is 5.56 Å². The molecule has 0 atom stereocenters. The Morgan fingerprint density at radius 3 is 2.14 bits per heavy atom. The molecule has 7 rings (SSSR count). The van der Waals surface area contributed by atoms with Gasteiger partial charge in [-0.15, -0.1) is 0 Å². The first-order valence-electron chi connectivity index (χ1n) is 11.5. The van der Waals surface area contributed by atoms with E-state index < -0.39 is 0 Å². The summed E-state index contributed by atoms with van der Waals surface area (Å²) in [5.41, 5.74) is 6.55. The van der Waals surface area contributed by atoms with E-state index in [1.165, 1.54) is 26.9 Å². The van der Waals surface area contributed by atoms with Gasteiger partial charge in [-0.25, -0.2) is 0 Å². The number of hydrogen-bond donors (Lipinski definition) is 0. The van der Waals surface area contributed by atoms with E-state index in [1.54, 1.807) is 12.4 Å². The summed E-state index contributed by atoms with van der Waals surface area (Å²) in [6.07, 6.45) is 3.37.